The van der Waals surface area contributed by atoms with Crippen molar-refractivity contribution in [2.24, 2.45) is 0 Å². The van der Waals surface area contributed by atoms with Crippen molar-refractivity contribution in [3.05, 3.63) is 41.4 Å². The van der Waals surface area contributed by atoms with Crippen molar-refractivity contribution in [3.63, 3.8) is 0 Å². The quantitative estimate of drug-likeness (QED) is 0.535. The van der Waals surface area contributed by atoms with Gasteiger partial charge in [-0.2, -0.15) is 13.2 Å². The Morgan fingerprint density at radius 3 is 2.61 bits per heavy atom. The van der Waals surface area contributed by atoms with Gasteiger partial charge in [0.25, 0.3) is 0 Å². The summed E-state index contributed by atoms with van der Waals surface area (Å²) in [5.74, 6) is 0. The molecule has 0 bridgehead atoms. The lowest BCUT2D eigenvalue weighted by Crippen LogP contribution is -2.09. The van der Waals surface area contributed by atoms with E-state index in [9.17, 15) is 13.2 Å². The number of benzene rings is 1. The summed E-state index contributed by atoms with van der Waals surface area (Å²) in [5.41, 5.74) is 0.0951. The molecule has 3 nitrogen and oxygen atoms in total. The molecule has 2 heterocycles. The van der Waals surface area contributed by atoms with Gasteiger partial charge in [0.05, 0.1) is 11.2 Å². The predicted octanol–water partition coefficient (Wildman–Crippen LogP) is 4.66. The minimum absolute atomic E-state index is 0.211. The summed E-state index contributed by atoms with van der Waals surface area (Å²) in [6.45, 7) is 4.18. The number of H-pyrrole nitrogens is 1. The number of aromatic nitrogens is 3. The Morgan fingerprint density at radius 1 is 1.22 bits per heavy atom. The maximum Gasteiger partial charge on any atom is 0.419 e. The van der Waals surface area contributed by atoms with E-state index >= 15 is 0 Å². The Hall–Kier alpha value is -1.65. The molecule has 0 aliphatic rings. The Balaban J connectivity index is 2.30. The highest BCUT2D eigenvalue weighted by Gasteiger charge is 2.36. The van der Waals surface area contributed by atoms with E-state index in [1.54, 1.807) is 12.3 Å². The first-order valence-electron chi connectivity index (χ1n) is 6.66. The van der Waals surface area contributed by atoms with E-state index in [1.807, 2.05) is 12.1 Å². The predicted molar refractivity (Wildman–Crippen MR) is 87.7 cm³/mol. The van der Waals surface area contributed by atoms with Crippen LogP contribution in [0.5, 0.6) is 0 Å². The minimum atomic E-state index is -4.55. The third kappa shape index (κ3) is 2.93. The van der Waals surface area contributed by atoms with E-state index in [1.165, 1.54) is 0 Å². The van der Waals surface area contributed by atoms with Crippen molar-refractivity contribution in [2.45, 2.75) is 6.18 Å². The lowest BCUT2D eigenvalue weighted by Gasteiger charge is -2.11. The third-order valence-electron chi connectivity index (χ3n) is 3.50. The molecule has 8 heteroatoms. The van der Waals surface area contributed by atoms with Crippen molar-refractivity contribution in [3.8, 4) is 11.3 Å². The second kappa shape index (κ2) is 5.77. The average molecular weight is 358 g/mol. The summed E-state index contributed by atoms with van der Waals surface area (Å²) < 4.78 is 39.7. The number of nitrogens with zero attached hydrogens (tertiary/aromatic N) is 2. The summed E-state index contributed by atoms with van der Waals surface area (Å²) in [4.78, 5) is 10.4. The average Bonchev–Trinajstić information content (AvgIpc) is 2.89. The monoisotopic (exact) mass is 357 g/mol. The van der Waals surface area contributed by atoms with E-state index in [-0.39, 0.29) is 11.0 Å². The summed E-state index contributed by atoms with van der Waals surface area (Å²) >= 11 is 5.72. The van der Waals surface area contributed by atoms with Gasteiger partial charge in [-0.3, -0.25) is 0 Å². The highest BCUT2D eigenvalue weighted by Crippen LogP contribution is 2.39. The first-order valence-corrected chi connectivity index (χ1v) is 9.28. The van der Waals surface area contributed by atoms with Crippen LogP contribution in [0, 0.1) is 0 Å². The second-order valence-electron chi connectivity index (χ2n) is 5.20. The van der Waals surface area contributed by atoms with Crippen LogP contribution >= 0.6 is 19.5 Å². The maximum absolute atomic E-state index is 13.2. The molecule has 3 aromatic rings. The second-order valence-corrected chi connectivity index (χ2v) is 7.80. The summed E-state index contributed by atoms with van der Waals surface area (Å²) in [6, 6.07) is 5.60. The van der Waals surface area contributed by atoms with Crippen LogP contribution in [-0.4, -0.2) is 28.3 Å². The smallest absolute Gasteiger partial charge is 0.360 e. The number of halogens is 4. The van der Waals surface area contributed by atoms with Gasteiger partial charge >= 0.3 is 6.18 Å². The standard InChI is InChI=1S/C15H12ClF3N3P/c1-23(2)11-5-3-4-8-9(6-20-13(8)11)12-10(15(17,18)19)7-21-14(16)22-12/h3-7,20H,1-2H3. The molecular formula is C15H12ClF3N3P. The molecule has 0 saturated carbocycles. The fraction of sp³-hybridized carbons (Fsp3) is 0.200. The molecule has 2 aromatic heterocycles. The van der Waals surface area contributed by atoms with Crippen LogP contribution in [0.3, 0.4) is 0 Å². The molecule has 0 amide bonds. The number of hydrogen-bond donors (Lipinski definition) is 1. The number of fused-ring (bicyclic) bond motifs is 1. The zero-order chi connectivity index (χ0) is 16.8. The van der Waals surface area contributed by atoms with E-state index in [0.717, 1.165) is 17.0 Å². The first kappa shape index (κ1) is 16.2. The van der Waals surface area contributed by atoms with E-state index < -0.39 is 19.7 Å². The molecular weight excluding hydrogens is 346 g/mol. The zero-order valence-corrected chi connectivity index (χ0v) is 13.9. The van der Waals surface area contributed by atoms with E-state index in [4.69, 9.17) is 11.6 Å². The van der Waals surface area contributed by atoms with Gasteiger partial charge in [0, 0.05) is 23.3 Å². The van der Waals surface area contributed by atoms with Gasteiger partial charge in [0.2, 0.25) is 5.28 Å². The topological polar surface area (TPSA) is 41.6 Å². The Kier molecular flexibility index (Phi) is 4.07. The van der Waals surface area contributed by atoms with E-state index in [2.05, 4.69) is 28.3 Å². The van der Waals surface area contributed by atoms with Crippen LogP contribution in [0.15, 0.2) is 30.6 Å². The van der Waals surface area contributed by atoms with Crippen molar-refractivity contribution in [1.82, 2.24) is 15.0 Å². The molecule has 0 aliphatic heterocycles. The van der Waals surface area contributed by atoms with Gasteiger partial charge in [-0.15, -0.1) is 0 Å². The lowest BCUT2D eigenvalue weighted by atomic mass is 10.1. The third-order valence-corrected chi connectivity index (χ3v) is 5.01. The lowest BCUT2D eigenvalue weighted by molar-refractivity contribution is -0.137. The molecule has 0 spiro atoms. The molecule has 0 radical (unpaired) electrons. The Morgan fingerprint density at radius 2 is 1.96 bits per heavy atom. The number of nitrogens with one attached hydrogen (secondary N) is 1. The van der Waals surface area contributed by atoms with Gasteiger partial charge in [0.1, 0.15) is 5.56 Å². The number of rotatable bonds is 2. The Bertz CT molecular complexity index is 874. The fourth-order valence-corrected chi connectivity index (χ4v) is 3.63. The minimum Gasteiger partial charge on any atom is -0.360 e. The molecule has 0 unspecified atom stereocenters. The summed E-state index contributed by atoms with van der Waals surface area (Å²) in [7, 11) is -0.400. The number of aromatic amines is 1. The number of para-hydroxylation sites is 1. The van der Waals surface area contributed by atoms with Crippen molar-refractivity contribution < 1.29 is 13.2 Å². The van der Waals surface area contributed by atoms with Gasteiger partial charge in [-0.05, 0) is 30.2 Å². The van der Waals surface area contributed by atoms with Crippen molar-refractivity contribution in [1.29, 1.82) is 0 Å². The first-order chi connectivity index (χ1) is 10.8. The van der Waals surface area contributed by atoms with E-state index in [0.29, 0.717) is 10.9 Å². The molecule has 0 atom stereocenters. The number of hydrogen-bond acceptors (Lipinski definition) is 2. The SMILES string of the molecule is CP(C)c1cccc2c(-c3nc(Cl)ncc3C(F)(F)F)c[nH]c12. The van der Waals surface area contributed by atoms with Crippen LogP contribution in [-0.2, 0) is 6.18 Å². The van der Waals surface area contributed by atoms with Crippen LogP contribution in [0.4, 0.5) is 13.2 Å². The highest BCUT2D eigenvalue weighted by molar-refractivity contribution is 7.64. The zero-order valence-electron chi connectivity index (χ0n) is 12.2. The van der Waals surface area contributed by atoms with Crippen LogP contribution < -0.4 is 5.30 Å². The normalized spacial score (nSPS) is 12.3. The maximum atomic E-state index is 13.2. The summed E-state index contributed by atoms with van der Waals surface area (Å²) in [6.07, 6.45) is -2.29. The van der Waals surface area contributed by atoms with Gasteiger partial charge < -0.3 is 4.98 Å². The molecule has 120 valence electrons. The summed E-state index contributed by atoms with van der Waals surface area (Å²) in [5, 5.41) is 1.57. The molecule has 1 aromatic carbocycles. The molecule has 23 heavy (non-hydrogen) atoms. The van der Waals surface area contributed by atoms with Gasteiger partial charge in [-0.1, -0.05) is 26.1 Å². The van der Waals surface area contributed by atoms with Crippen LogP contribution in [0.1, 0.15) is 5.56 Å². The highest BCUT2D eigenvalue weighted by atomic mass is 35.5. The van der Waals surface area contributed by atoms with Gasteiger partial charge in [-0.25, -0.2) is 9.97 Å². The van der Waals surface area contributed by atoms with Crippen molar-refractivity contribution >= 4 is 35.7 Å². The Labute approximate surface area is 136 Å². The largest absolute Gasteiger partial charge is 0.419 e. The molecule has 3 rings (SSSR count). The molecule has 1 N–H and O–H groups in total. The number of alkyl halides is 3. The molecule has 0 saturated heterocycles. The van der Waals surface area contributed by atoms with Crippen LogP contribution in [0.2, 0.25) is 5.28 Å². The van der Waals surface area contributed by atoms with Gasteiger partial charge in [0.15, 0.2) is 0 Å². The van der Waals surface area contributed by atoms with Crippen LogP contribution in [0.25, 0.3) is 22.2 Å². The fourth-order valence-electron chi connectivity index (χ4n) is 2.48. The molecule has 0 fully saturated rings. The van der Waals surface area contributed by atoms with Crippen molar-refractivity contribution in [2.75, 3.05) is 13.3 Å². The molecule has 0 aliphatic carbocycles.